The summed E-state index contributed by atoms with van der Waals surface area (Å²) < 4.78 is 1.09. The second-order valence-corrected chi connectivity index (χ2v) is 4.88. The summed E-state index contributed by atoms with van der Waals surface area (Å²) in [5, 5.41) is 6.17. The number of nitrogens with zero attached hydrogens (tertiary/aromatic N) is 1. The van der Waals surface area contributed by atoms with Crippen molar-refractivity contribution >= 4 is 46.9 Å². The van der Waals surface area contributed by atoms with E-state index in [2.05, 4.69) is 10.4 Å². The molecule has 1 aromatic heterocycles. The summed E-state index contributed by atoms with van der Waals surface area (Å²) in [6.45, 7) is 0. The Hall–Kier alpha value is -1.43. The number of H-pyrrole nitrogens is 1. The Morgan fingerprint density at radius 2 is 1.84 bits per heavy atom. The number of hydrogen-bond acceptors (Lipinski definition) is 3. The lowest BCUT2D eigenvalue weighted by Gasteiger charge is -2.07. The zero-order chi connectivity index (χ0) is 14.2. The van der Waals surface area contributed by atoms with Crippen LogP contribution in [0.3, 0.4) is 0 Å². The van der Waals surface area contributed by atoms with E-state index in [-0.39, 0.29) is 27.1 Å². The maximum atomic E-state index is 12.1. The van der Waals surface area contributed by atoms with Crippen LogP contribution in [0.5, 0.6) is 0 Å². The Morgan fingerprint density at radius 1 is 1.26 bits per heavy atom. The molecule has 19 heavy (non-hydrogen) atoms. The van der Waals surface area contributed by atoms with Crippen molar-refractivity contribution in [3.63, 3.8) is 0 Å². The van der Waals surface area contributed by atoms with Gasteiger partial charge in [0.1, 0.15) is 17.1 Å². The van der Waals surface area contributed by atoms with E-state index in [1.165, 1.54) is 12.1 Å². The molecule has 0 bridgehead atoms. The summed E-state index contributed by atoms with van der Waals surface area (Å²) >= 11 is 17.9. The minimum atomic E-state index is -0.550. The molecule has 0 amide bonds. The van der Waals surface area contributed by atoms with Crippen molar-refractivity contribution < 1.29 is 4.79 Å². The maximum absolute atomic E-state index is 12.1. The summed E-state index contributed by atoms with van der Waals surface area (Å²) in [4.78, 5) is 23.0. The van der Waals surface area contributed by atoms with Crippen LogP contribution in [0.15, 0.2) is 16.9 Å². The Bertz CT molecular complexity index is 683. The maximum Gasteiger partial charge on any atom is 0.284 e. The number of aromatic nitrogens is 2. The molecule has 100 valence electrons. The van der Waals surface area contributed by atoms with E-state index >= 15 is 0 Å². The van der Waals surface area contributed by atoms with Crippen molar-refractivity contribution in [1.29, 1.82) is 0 Å². The monoisotopic (exact) mass is 319 g/mol. The quantitative estimate of drug-likeness (QED) is 0.854. The van der Waals surface area contributed by atoms with Crippen molar-refractivity contribution in [2.45, 2.75) is 0 Å². The van der Waals surface area contributed by atoms with Crippen LogP contribution >= 0.6 is 34.8 Å². The minimum Gasteiger partial charge on any atom is -0.373 e. The van der Waals surface area contributed by atoms with Crippen LogP contribution in [0.2, 0.25) is 15.1 Å². The number of hydrogen-bond donors (Lipinski definition) is 2. The highest BCUT2D eigenvalue weighted by molar-refractivity contribution is 6.40. The van der Waals surface area contributed by atoms with Gasteiger partial charge < -0.3 is 5.32 Å². The van der Waals surface area contributed by atoms with Crippen molar-refractivity contribution in [1.82, 2.24) is 9.78 Å². The van der Waals surface area contributed by atoms with Gasteiger partial charge in [0.25, 0.3) is 5.56 Å². The van der Waals surface area contributed by atoms with E-state index in [0.29, 0.717) is 11.3 Å². The average Bonchev–Trinajstić information content (AvgIpc) is 2.65. The van der Waals surface area contributed by atoms with Crippen molar-refractivity contribution in [3.8, 4) is 5.69 Å². The molecule has 0 radical (unpaired) electrons. The topological polar surface area (TPSA) is 66.9 Å². The first-order valence-electron chi connectivity index (χ1n) is 5.12. The number of carbonyl (C=O) groups is 1. The number of halogens is 3. The van der Waals surface area contributed by atoms with Crippen LogP contribution < -0.4 is 10.9 Å². The minimum absolute atomic E-state index is 0.0374. The second kappa shape index (κ2) is 5.28. The SMILES string of the molecule is CNc1[nH]n(-c2c(Cl)cc(Cl)cc2Cl)c(=O)c1C=O. The molecule has 0 spiro atoms. The van der Waals surface area contributed by atoms with Crippen LogP contribution in [0.1, 0.15) is 10.4 Å². The van der Waals surface area contributed by atoms with Crippen LogP contribution in [0.4, 0.5) is 5.82 Å². The number of aromatic amines is 1. The molecule has 8 heteroatoms. The standard InChI is InChI=1S/C11H8Cl3N3O2/c1-15-10-6(4-18)11(19)17(16-10)9-7(13)2-5(12)3-8(9)14/h2-4,15-16H,1H3. The van der Waals surface area contributed by atoms with Crippen LogP contribution in [-0.2, 0) is 0 Å². The third-order valence-corrected chi connectivity index (χ3v) is 3.29. The third kappa shape index (κ3) is 2.36. The summed E-state index contributed by atoms with van der Waals surface area (Å²) in [6, 6.07) is 2.91. The van der Waals surface area contributed by atoms with Gasteiger partial charge in [0, 0.05) is 12.1 Å². The molecule has 2 aromatic rings. The number of nitrogens with one attached hydrogen (secondary N) is 2. The molecule has 1 aromatic carbocycles. The second-order valence-electron chi connectivity index (χ2n) is 3.63. The third-order valence-electron chi connectivity index (χ3n) is 2.50. The van der Waals surface area contributed by atoms with Crippen molar-refractivity contribution in [2.75, 3.05) is 12.4 Å². The molecule has 2 rings (SSSR count). The number of aldehydes is 1. The fraction of sp³-hybridized carbons (Fsp3) is 0.0909. The zero-order valence-corrected chi connectivity index (χ0v) is 11.9. The molecule has 1 heterocycles. The fourth-order valence-corrected chi connectivity index (χ4v) is 2.64. The first-order valence-corrected chi connectivity index (χ1v) is 6.25. The van der Waals surface area contributed by atoms with E-state index in [0.717, 1.165) is 4.68 Å². The lowest BCUT2D eigenvalue weighted by Crippen LogP contribution is -2.17. The summed E-state index contributed by atoms with van der Waals surface area (Å²) in [5.74, 6) is 0.280. The molecule has 2 N–H and O–H groups in total. The molecule has 0 fully saturated rings. The predicted octanol–water partition coefficient (Wildman–Crippen LogP) is 2.98. The van der Waals surface area contributed by atoms with Gasteiger partial charge in [0.2, 0.25) is 0 Å². The van der Waals surface area contributed by atoms with Crippen molar-refractivity contribution in [2.24, 2.45) is 0 Å². The molecule has 0 aliphatic rings. The Morgan fingerprint density at radius 3 is 2.26 bits per heavy atom. The molecule has 0 atom stereocenters. The highest BCUT2D eigenvalue weighted by atomic mass is 35.5. The molecule has 0 aliphatic heterocycles. The number of rotatable bonds is 3. The Labute approximate surface area is 123 Å². The number of anilines is 1. The van der Waals surface area contributed by atoms with Gasteiger partial charge >= 0.3 is 0 Å². The number of benzene rings is 1. The van der Waals surface area contributed by atoms with Gasteiger partial charge in [-0.25, -0.2) is 4.68 Å². The molecule has 5 nitrogen and oxygen atoms in total. The predicted molar refractivity (Wildman–Crippen MR) is 76.4 cm³/mol. The fourth-order valence-electron chi connectivity index (χ4n) is 1.66. The van der Waals surface area contributed by atoms with Gasteiger partial charge in [-0.15, -0.1) is 0 Å². The van der Waals surface area contributed by atoms with Gasteiger partial charge in [0.05, 0.1) is 10.0 Å². The zero-order valence-electron chi connectivity index (χ0n) is 9.63. The Balaban J connectivity index is 2.77. The molecule has 0 unspecified atom stereocenters. The van der Waals surface area contributed by atoms with E-state index in [1.54, 1.807) is 7.05 Å². The normalized spacial score (nSPS) is 10.5. The van der Waals surface area contributed by atoms with Gasteiger partial charge in [-0.2, -0.15) is 0 Å². The lowest BCUT2D eigenvalue weighted by atomic mass is 10.3. The first kappa shape index (κ1) is 14.0. The largest absolute Gasteiger partial charge is 0.373 e. The smallest absolute Gasteiger partial charge is 0.284 e. The van der Waals surface area contributed by atoms with Crippen LogP contribution in [0, 0.1) is 0 Å². The van der Waals surface area contributed by atoms with Gasteiger partial charge in [-0.3, -0.25) is 14.7 Å². The lowest BCUT2D eigenvalue weighted by molar-refractivity contribution is 0.112. The highest BCUT2D eigenvalue weighted by Gasteiger charge is 2.18. The Kier molecular flexibility index (Phi) is 3.89. The van der Waals surface area contributed by atoms with Crippen LogP contribution in [0.25, 0.3) is 5.69 Å². The molecule has 0 aliphatic carbocycles. The highest BCUT2D eigenvalue weighted by Crippen LogP contribution is 2.31. The van der Waals surface area contributed by atoms with E-state index < -0.39 is 5.56 Å². The van der Waals surface area contributed by atoms with E-state index in [4.69, 9.17) is 34.8 Å². The number of carbonyl (C=O) groups excluding carboxylic acids is 1. The molecule has 0 saturated heterocycles. The molecular weight excluding hydrogens is 312 g/mol. The van der Waals surface area contributed by atoms with Crippen molar-refractivity contribution in [3.05, 3.63) is 43.1 Å². The average molecular weight is 321 g/mol. The summed E-state index contributed by atoms with van der Waals surface area (Å²) in [7, 11) is 1.58. The van der Waals surface area contributed by atoms with E-state index in [1.807, 2.05) is 0 Å². The molecular formula is C11H8Cl3N3O2. The van der Waals surface area contributed by atoms with E-state index in [9.17, 15) is 9.59 Å². The van der Waals surface area contributed by atoms with Gasteiger partial charge in [-0.1, -0.05) is 34.8 Å². The van der Waals surface area contributed by atoms with Crippen LogP contribution in [-0.4, -0.2) is 23.1 Å². The van der Waals surface area contributed by atoms with Gasteiger partial charge in [0.15, 0.2) is 6.29 Å². The van der Waals surface area contributed by atoms with Gasteiger partial charge in [-0.05, 0) is 12.1 Å². The first-order chi connectivity index (χ1) is 8.99. The summed E-state index contributed by atoms with van der Waals surface area (Å²) in [6.07, 6.45) is 0.457. The summed E-state index contributed by atoms with van der Waals surface area (Å²) in [5.41, 5.74) is -0.350. The molecule has 0 saturated carbocycles.